The van der Waals surface area contributed by atoms with Crippen molar-refractivity contribution in [2.24, 2.45) is 13.0 Å². The van der Waals surface area contributed by atoms with E-state index in [0.717, 1.165) is 6.07 Å². The zero-order chi connectivity index (χ0) is 24.3. The number of rotatable bonds is 5. The molecule has 1 aliphatic carbocycles. The molecule has 0 saturated carbocycles. The number of aliphatic hydroxyl groups excluding tert-OH is 1. The average Bonchev–Trinajstić information content (AvgIpc) is 3.31. The molecule has 2 N–H and O–H groups in total. The number of aryl methyl sites for hydroxylation is 1. The van der Waals surface area contributed by atoms with Gasteiger partial charge in [-0.3, -0.25) is 9.48 Å². The standard InChI is InChI=1S/C24H22F3N3O4/c1-29-11-15(8-28-29)18-6-16(34-13-21(32)30-9-14(10-30)12-31)7-20-22(18)17-4-2-3-5-19(17)23(20,33)24(25,26)27/h2-8,11,14,31,33H,9-10,12-13H2,1H3. The Morgan fingerprint density at radius 3 is 2.59 bits per heavy atom. The molecule has 178 valence electrons. The van der Waals surface area contributed by atoms with Gasteiger partial charge in [-0.2, -0.15) is 18.3 Å². The van der Waals surface area contributed by atoms with Crippen molar-refractivity contribution in [1.82, 2.24) is 14.7 Å². The molecule has 5 rings (SSSR count). The van der Waals surface area contributed by atoms with Gasteiger partial charge >= 0.3 is 6.18 Å². The van der Waals surface area contributed by atoms with Gasteiger partial charge in [-0.15, -0.1) is 0 Å². The monoisotopic (exact) mass is 473 g/mol. The summed E-state index contributed by atoms with van der Waals surface area (Å²) in [6.45, 7) is 0.432. The van der Waals surface area contributed by atoms with Crippen molar-refractivity contribution in [3.8, 4) is 28.0 Å². The molecular weight excluding hydrogens is 451 g/mol. The predicted octanol–water partition coefficient (Wildman–Crippen LogP) is 2.70. The Morgan fingerprint density at radius 2 is 1.94 bits per heavy atom. The van der Waals surface area contributed by atoms with E-state index in [9.17, 15) is 23.1 Å². The van der Waals surface area contributed by atoms with Gasteiger partial charge in [0.05, 0.1) is 6.20 Å². The number of hydrogen-bond acceptors (Lipinski definition) is 5. The molecule has 1 amide bonds. The largest absolute Gasteiger partial charge is 0.484 e. The van der Waals surface area contributed by atoms with Crippen molar-refractivity contribution in [3.05, 3.63) is 59.9 Å². The number of nitrogens with zero attached hydrogens (tertiary/aromatic N) is 3. The Labute approximate surface area is 193 Å². The van der Waals surface area contributed by atoms with E-state index in [1.54, 1.807) is 31.4 Å². The van der Waals surface area contributed by atoms with Crippen LogP contribution in [0.25, 0.3) is 22.3 Å². The molecule has 2 heterocycles. The Balaban J connectivity index is 1.60. The minimum absolute atomic E-state index is 0.0134. The summed E-state index contributed by atoms with van der Waals surface area (Å²) in [4.78, 5) is 13.9. The molecule has 0 spiro atoms. The van der Waals surface area contributed by atoms with Gasteiger partial charge in [-0.05, 0) is 28.8 Å². The molecule has 1 aliphatic heterocycles. The number of halogens is 3. The minimum Gasteiger partial charge on any atom is -0.484 e. The second-order valence-corrected chi connectivity index (χ2v) is 8.69. The van der Waals surface area contributed by atoms with Crippen molar-refractivity contribution in [3.63, 3.8) is 0 Å². The highest BCUT2D eigenvalue weighted by Crippen LogP contribution is 2.58. The van der Waals surface area contributed by atoms with Gasteiger partial charge in [0.15, 0.2) is 6.61 Å². The van der Waals surface area contributed by atoms with Crippen molar-refractivity contribution in [2.45, 2.75) is 11.8 Å². The Bertz CT molecular complexity index is 1270. The first-order chi connectivity index (χ1) is 16.1. The molecule has 1 saturated heterocycles. The maximum Gasteiger partial charge on any atom is 0.425 e. The lowest BCUT2D eigenvalue weighted by Crippen LogP contribution is -2.52. The van der Waals surface area contributed by atoms with E-state index in [2.05, 4.69) is 5.10 Å². The van der Waals surface area contributed by atoms with Crippen LogP contribution in [0, 0.1) is 5.92 Å². The van der Waals surface area contributed by atoms with Gasteiger partial charge in [0.1, 0.15) is 5.75 Å². The molecule has 2 aromatic carbocycles. The van der Waals surface area contributed by atoms with Gasteiger partial charge < -0.3 is 19.8 Å². The zero-order valence-electron chi connectivity index (χ0n) is 18.2. The summed E-state index contributed by atoms with van der Waals surface area (Å²) in [6.07, 6.45) is -1.81. The van der Waals surface area contributed by atoms with Crippen LogP contribution < -0.4 is 4.74 Å². The molecule has 1 aromatic heterocycles. The maximum absolute atomic E-state index is 14.3. The van der Waals surface area contributed by atoms with E-state index >= 15 is 0 Å². The van der Waals surface area contributed by atoms with Crippen LogP contribution in [-0.4, -0.2) is 63.3 Å². The quantitative estimate of drug-likeness (QED) is 0.595. The number of benzene rings is 2. The first-order valence-electron chi connectivity index (χ1n) is 10.7. The van der Waals surface area contributed by atoms with Crippen LogP contribution in [0.2, 0.25) is 0 Å². The third kappa shape index (κ3) is 3.36. The van der Waals surface area contributed by atoms with E-state index in [1.807, 2.05) is 0 Å². The molecule has 3 aromatic rings. The normalized spacial score (nSPS) is 19.5. The maximum atomic E-state index is 14.3. The van der Waals surface area contributed by atoms with Gasteiger partial charge in [0.2, 0.25) is 5.60 Å². The minimum atomic E-state index is -4.99. The number of ether oxygens (including phenoxy) is 1. The van der Waals surface area contributed by atoms with E-state index in [4.69, 9.17) is 9.84 Å². The van der Waals surface area contributed by atoms with Crippen LogP contribution in [0.4, 0.5) is 13.2 Å². The third-order valence-corrected chi connectivity index (χ3v) is 6.44. The molecule has 1 unspecified atom stereocenters. The summed E-state index contributed by atoms with van der Waals surface area (Å²) in [7, 11) is 1.69. The fourth-order valence-corrected chi connectivity index (χ4v) is 4.65. The van der Waals surface area contributed by atoms with Crippen LogP contribution in [0.5, 0.6) is 5.75 Å². The summed E-state index contributed by atoms with van der Waals surface area (Å²) < 4.78 is 50.1. The molecule has 1 fully saturated rings. The molecule has 2 aliphatic rings. The van der Waals surface area contributed by atoms with Crippen LogP contribution >= 0.6 is 0 Å². The highest BCUT2D eigenvalue weighted by atomic mass is 19.4. The van der Waals surface area contributed by atoms with Crippen molar-refractivity contribution < 1.29 is 32.9 Å². The zero-order valence-corrected chi connectivity index (χ0v) is 18.2. The first-order valence-corrected chi connectivity index (χ1v) is 10.7. The number of aliphatic hydroxyl groups is 2. The lowest BCUT2D eigenvalue weighted by Gasteiger charge is -2.38. The fourth-order valence-electron chi connectivity index (χ4n) is 4.65. The molecule has 7 nitrogen and oxygen atoms in total. The highest BCUT2D eigenvalue weighted by molar-refractivity contribution is 5.93. The van der Waals surface area contributed by atoms with Crippen molar-refractivity contribution >= 4 is 5.91 Å². The number of likely N-dealkylation sites (tertiary alicyclic amines) is 1. The van der Waals surface area contributed by atoms with Gasteiger partial charge in [-0.1, -0.05) is 24.3 Å². The number of alkyl halides is 3. The number of aromatic nitrogens is 2. The van der Waals surface area contributed by atoms with E-state index < -0.39 is 11.8 Å². The Hall–Kier alpha value is -3.37. The second-order valence-electron chi connectivity index (χ2n) is 8.69. The van der Waals surface area contributed by atoms with Crippen LogP contribution in [0.1, 0.15) is 11.1 Å². The molecule has 1 atom stereocenters. The molecule has 0 bridgehead atoms. The van der Waals surface area contributed by atoms with Crippen LogP contribution in [-0.2, 0) is 17.4 Å². The average molecular weight is 473 g/mol. The SMILES string of the molecule is Cn1cc(-c2cc(OCC(=O)N3CC(CO)C3)cc3c2-c2ccccc2C3(O)C(F)(F)F)cn1. The van der Waals surface area contributed by atoms with E-state index in [-0.39, 0.29) is 53.0 Å². The number of fused-ring (bicyclic) bond motifs is 3. The molecular formula is C24H22F3N3O4. The number of carbonyl (C=O) groups excluding carboxylic acids is 1. The topological polar surface area (TPSA) is 87.8 Å². The Kier molecular flexibility index (Phi) is 5.18. The van der Waals surface area contributed by atoms with Crippen LogP contribution in [0.3, 0.4) is 0 Å². The predicted molar refractivity (Wildman–Crippen MR) is 116 cm³/mol. The summed E-state index contributed by atoms with van der Waals surface area (Å²) in [5.74, 6) is -0.274. The number of carbonyl (C=O) groups is 1. The summed E-state index contributed by atoms with van der Waals surface area (Å²) in [5, 5.41) is 24.4. The first kappa shape index (κ1) is 22.4. The van der Waals surface area contributed by atoms with Crippen LogP contribution in [0.15, 0.2) is 48.8 Å². The van der Waals surface area contributed by atoms with Crippen molar-refractivity contribution in [1.29, 1.82) is 0 Å². The summed E-state index contributed by atoms with van der Waals surface area (Å²) in [6, 6.07) is 8.60. The van der Waals surface area contributed by atoms with Gasteiger partial charge in [0.25, 0.3) is 5.91 Å². The van der Waals surface area contributed by atoms with Gasteiger partial charge in [0, 0.05) is 55.5 Å². The molecule has 10 heteroatoms. The Morgan fingerprint density at radius 1 is 1.21 bits per heavy atom. The van der Waals surface area contributed by atoms with E-state index in [1.165, 1.54) is 27.9 Å². The summed E-state index contributed by atoms with van der Waals surface area (Å²) >= 11 is 0. The molecule has 0 radical (unpaired) electrons. The smallest absolute Gasteiger partial charge is 0.425 e. The van der Waals surface area contributed by atoms with E-state index in [0.29, 0.717) is 24.2 Å². The lowest BCUT2D eigenvalue weighted by molar-refractivity contribution is -0.246. The molecule has 34 heavy (non-hydrogen) atoms. The summed E-state index contributed by atoms with van der Waals surface area (Å²) in [5.41, 5.74) is -2.37. The number of hydrogen-bond donors (Lipinski definition) is 2. The third-order valence-electron chi connectivity index (χ3n) is 6.44. The van der Waals surface area contributed by atoms with Gasteiger partial charge in [-0.25, -0.2) is 0 Å². The van der Waals surface area contributed by atoms with Crippen molar-refractivity contribution in [2.75, 3.05) is 26.3 Å². The fraction of sp³-hybridized carbons (Fsp3) is 0.333. The lowest BCUT2D eigenvalue weighted by atomic mass is 9.89. The highest BCUT2D eigenvalue weighted by Gasteiger charge is 2.61. The second kappa shape index (κ2) is 7.85. The number of amides is 1.